The topological polar surface area (TPSA) is 113 Å². The van der Waals surface area contributed by atoms with E-state index in [0.717, 1.165) is 10.9 Å². The number of fused-ring (bicyclic) bond motifs is 1. The molecule has 1 amide bonds. The van der Waals surface area contributed by atoms with Gasteiger partial charge < -0.3 is 10.4 Å². The van der Waals surface area contributed by atoms with Crippen molar-refractivity contribution >= 4 is 45.1 Å². The van der Waals surface area contributed by atoms with Gasteiger partial charge in [0.05, 0.1) is 5.39 Å². The molecule has 2 N–H and O–H groups in total. The molecule has 0 saturated carbocycles. The van der Waals surface area contributed by atoms with Gasteiger partial charge in [0.15, 0.2) is 28.0 Å². The van der Waals surface area contributed by atoms with Crippen molar-refractivity contribution in [3.05, 3.63) is 30.0 Å². The molecule has 0 saturated heterocycles. The third-order valence-electron chi connectivity index (χ3n) is 3.49. The van der Waals surface area contributed by atoms with Crippen LogP contribution >= 0.6 is 11.5 Å². The second-order valence-corrected chi connectivity index (χ2v) is 5.91. The summed E-state index contributed by atoms with van der Waals surface area (Å²) in [6, 6.07) is 5.22. The lowest BCUT2D eigenvalue weighted by Gasteiger charge is -2.08. The molecule has 0 atom stereocenters. The molecule has 8 nitrogen and oxygen atoms in total. The first-order valence-corrected chi connectivity index (χ1v) is 8.54. The van der Waals surface area contributed by atoms with E-state index in [4.69, 9.17) is 0 Å². The highest BCUT2D eigenvalue weighted by Crippen LogP contribution is 2.33. The summed E-state index contributed by atoms with van der Waals surface area (Å²) in [5.41, 5.74) is 1.34. The molecule has 0 aliphatic heterocycles. The molecule has 3 rings (SSSR count). The Morgan fingerprint density at radius 1 is 1.36 bits per heavy atom. The molecular formula is C16H16N6O2S. The van der Waals surface area contributed by atoms with E-state index in [2.05, 4.69) is 29.9 Å². The van der Waals surface area contributed by atoms with Crippen LogP contribution in [-0.2, 0) is 11.2 Å². The summed E-state index contributed by atoms with van der Waals surface area (Å²) in [6.45, 7) is 3.64. The molecule has 25 heavy (non-hydrogen) atoms. The number of azo groups is 1. The van der Waals surface area contributed by atoms with E-state index in [1.807, 2.05) is 19.1 Å². The molecule has 0 aliphatic rings. The Bertz CT molecular complexity index is 953. The Hall–Kier alpha value is -2.94. The summed E-state index contributed by atoms with van der Waals surface area (Å²) in [4.78, 5) is 20.0. The van der Waals surface area contributed by atoms with Crippen LogP contribution in [0.1, 0.15) is 25.8 Å². The van der Waals surface area contributed by atoms with Crippen LogP contribution in [0.3, 0.4) is 0 Å². The molecule has 0 spiro atoms. The van der Waals surface area contributed by atoms with Gasteiger partial charge in [0, 0.05) is 18.2 Å². The van der Waals surface area contributed by atoms with Gasteiger partial charge in [0.1, 0.15) is 0 Å². The summed E-state index contributed by atoms with van der Waals surface area (Å²) >= 11 is 1.20. The minimum atomic E-state index is -0.241. The van der Waals surface area contributed by atoms with E-state index in [0.29, 0.717) is 22.9 Å². The Kier molecular flexibility index (Phi) is 4.94. The lowest BCUT2D eigenvalue weighted by atomic mass is 10.2. The monoisotopic (exact) mass is 356 g/mol. The fourth-order valence-corrected chi connectivity index (χ4v) is 2.78. The molecule has 0 radical (unpaired) electrons. The SMILES string of the molecule is CCC(=O)Nc1nc(N=Nc2snc3ncccc23)c(CC)cc1O. The molecule has 0 aliphatic carbocycles. The maximum Gasteiger partial charge on any atom is 0.225 e. The first-order chi connectivity index (χ1) is 12.1. The third-order valence-corrected chi connectivity index (χ3v) is 4.23. The zero-order valence-corrected chi connectivity index (χ0v) is 14.5. The number of pyridine rings is 2. The predicted octanol–water partition coefficient (Wildman–Crippen LogP) is 4.12. The van der Waals surface area contributed by atoms with Crippen LogP contribution in [-0.4, -0.2) is 25.4 Å². The van der Waals surface area contributed by atoms with Crippen LogP contribution in [0.5, 0.6) is 5.75 Å². The van der Waals surface area contributed by atoms with Crippen molar-refractivity contribution in [1.29, 1.82) is 0 Å². The largest absolute Gasteiger partial charge is 0.504 e. The van der Waals surface area contributed by atoms with Crippen molar-refractivity contribution in [3.63, 3.8) is 0 Å². The quantitative estimate of drug-likeness (QED) is 0.668. The Morgan fingerprint density at radius 2 is 2.20 bits per heavy atom. The summed E-state index contributed by atoms with van der Waals surface area (Å²) in [6.07, 6.45) is 2.57. The molecule has 9 heteroatoms. The first kappa shape index (κ1) is 16.9. The lowest BCUT2D eigenvalue weighted by molar-refractivity contribution is -0.115. The Balaban J connectivity index is 1.97. The molecule has 128 valence electrons. The number of carbonyl (C=O) groups is 1. The molecule has 3 aromatic heterocycles. The number of amides is 1. The number of nitrogens with zero attached hydrogens (tertiary/aromatic N) is 5. The highest BCUT2D eigenvalue weighted by molar-refractivity contribution is 7.11. The highest BCUT2D eigenvalue weighted by Gasteiger charge is 2.13. The highest BCUT2D eigenvalue weighted by atomic mass is 32.1. The summed E-state index contributed by atoms with van der Waals surface area (Å²) in [7, 11) is 0. The average molecular weight is 356 g/mol. The number of aryl methyl sites for hydroxylation is 1. The van der Waals surface area contributed by atoms with Crippen LogP contribution in [0, 0.1) is 0 Å². The fraction of sp³-hybridized carbons (Fsp3) is 0.250. The number of hydrogen-bond donors (Lipinski definition) is 2. The second-order valence-electron chi connectivity index (χ2n) is 5.16. The average Bonchev–Trinajstić information content (AvgIpc) is 3.05. The zero-order valence-electron chi connectivity index (χ0n) is 13.7. The summed E-state index contributed by atoms with van der Waals surface area (Å²) in [5.74, 6) is 0.0884. The van der Waals surface area contributed by atoms with Gasteiger partial charge in [-0.1, -0.05) is 13.8 Å². The van der Waals surface area contributed by atoms with Crippen molar-refractivity contribution in [2.24, 2.45) is 10.2 Å². The van der Waals surface area contributed by atoms with Gasteiger partial charge in [-0.05, 0) is 36.2 Å². The number of aromatic hydroxyl groups is 1. The number of nitrogens with one attached hydrogen (secondary N) is 1. The minimum absolute atomic E-state index is 0.0776. The molecule has 0 bridgehead atoms. The smallest absolute Gasteiger partial charge is 0.225 e. The maximum atomic E-state index is 11.6. The van der Waals surface area contributed by atoms with Gasteiger partial charge >= 0.3 is 0 Å². The molecule has 3 heterocycles. The maximum absolute atomic E-state index is 11.6. The molecular weight excluding hydrogens is 340 g/mol. The van der Waals surface area contributed by atoms with Gasteiger partial charge in [-0.25, -0.2) is 9.97 Å². The van der Waals surface area contributed by atoms with Crippen molar-refractivity contribution in [1.82, 2.24) is 14.3 Å². The van der Waals surface area contributed by atoms with Gasteiger partial charge in [-0.2, -0.15) is 4.37 Å². The van der Waals surface area contributed by atoms with Gasteiger partial charge in [-0.3, -0.25) is 4.79 Å². The van der Waals surface area contributed by atoms with Gasteiger partial charge in [0.2, 0.25) is 5.91 Å². The number of anilines is 1. The predicted molar refractivity (Wildman–Crippen MR) is 95.8 cm³/mol. The number of carbonyl (C=O) groups excluding carboxylic acids is 1. The van der Waals surface area contributed by atoms with Crippen molar-refractivity contribution < 1.29 is 9.90 Å². The second kappa shape index (κ2) is 7.31. The summed E-state index contributed by atoms with van der Waals surface area (Å²) < 4.78 is 4.22. The summed E-state index contributed by atoms with van der Waals surface area (Å²) in [5, 5.41) is 22.4. The number of hydrogen-bond acceptors (Lipinski definition) is 8. The standard InChI is InChI=1S/C16H16N6O2S/c1-3-9-8-11(23)15(18-12(24)4-2)19-13(9)20-21-16-10-6-5-7-17-14(10)22-25-16/h5-8,23H,3-4H2,1-2H3,(H,18,19,24). The minimum Gasteiger partial charge on any atom is -0.504 e. The van der Waals surface area contributed by atoms with Crippen LogP contribution in [0.25, 0.3) is 11.0 Å². The fourth-order valence-electron chi connectivity index (χ4n) is 2.13. The first-order valence-electron chi connectivity index (χ1n) is 7.77. The zero-order chi connectivity index (χ0) is 17.8. The van der Waals surface area contributed by atoms with Crippen molar-refractivity contribution in [3.8, 4) is 5.75 Å². The van der Waals surface area contributed by atoms with Gasteiger partial charge in [0.25, 0.3) is 0 Å². The van der Waals surface area contributed by atoms with Crippen molar-refractivity contribution in [2.45, 2.75) is 26.7 Å². The van der Waals surface area contributed by atoms with Crippen LogP contribution in [0.4, 0.5) is 16.6 Å². The van der Waals surface area contributed by atoms with E-state index in [9.17, 15) is 9.90 Å². The number of aromatic nitrogens is 3. The normalized spacial score (nSPS) is 11.3. The molecule has 0 aromatic carbocycles. The molecule has 0 unspecified atom stereocenters. The lowest BCUT2D eigenvalue weighted by Crippen LogP contribution is -2.11. The number of rotatable bonds is 5. The van der Waals surface area contributed by atoms with E-state index >= 15 is 0 Å². The Labute approximate surface area is 147 Å². The van der Waals surface area contributed by atoms with Crippen LogP contribution in [0.15, 0.2) is 34.6 Å². The molecule has 3 aromatic rings. The van der Waals surface area contributed by atoms with Gasteiger partial charge in [-0.15, -0.1) is 10.2 Å². The molecule has 0 fully saturated rings. The van der Waals surface area contributed by atoms with E-state index in [-0.39, 0.29) is 23.9 Å². The van der Waals surface area contributed by atoms with Crippen molar-refractivity contribution in [2.75, 3.05) is 5.32 Å². The van der Waals surface area contributed by atoms with Crippen LogP contribution < -0.4 is 5.32 Å². The van der Waals surface area contributed by atoms with E-state index < -0.39 is 0 Å². The van der Waals surface area contributed by atoms with Crippen LogP contribution in [0.2, 0.25) is 0 Å². The van der Waals surface area contributed by atoms with E-state index in [1.54, 1.807) is 19.2 Å². The third kappa shape index (κ3) is 3.61. The van der Waals surface area contributed by atoms with E-state index in [1.165, 1.54) is 11.5 Å². The Morgan fingerprint density at radius 3 is 2.96 bits per heavy atom.